The minimum Gasteiger partial charge on any atom is -0.500 e. The maximum Gasteiger partial charge on any atom is 0.105 e. The zero-order valence-corrected chi connectivity index (χ0v) is 6.05. The smallest absolute Gasteiger partial charge is 0.105 e. The van der Waals surface area contributed by atoms with Crippen molar-refractivity contribution in [1.29, 1.82) is 5.41 Å². The van der Waals surface area contributed by atoms with E-state index in [1.54, 1.807) is 7.11 Å². The second-order valence-corrected chi connectivity index (χ2v) is 2.17. The van der Waals surface area contributed by atoms with Crippen LogP contribution in [0.2, 0.25) is 0 Å². The van der Waals surface area contributed by atoms with Gasteiger partial charge in [0.1, 0.15) is 5.76 Å². The summed E-state index contributed by atoms with van der Waals surface area (Å²) in [6, 6.07) is 0. The van der Waals surface area contributed by atoms with Gasteiger partial charge in [-0.15, -0.1) is 0 Å². The van der Waals surface area contributed by atoms with E-state index < -0.39 is 0 Å². The molecule has 1 aliphatic carbocycles. The predicted molar refractivity (Wildman–Crippen MR) is 41.2 cm³/mol. The van der Waals surface area contributed by atoms with Crippen LogP contribution in [-0.2, 0) is 4.74 Å². The van der Waals surface area contributed by atoms with Gasteiger partial charge < -0.3 is 10.1 Å². The van der Waals surface area contributed by atoms with E-state index in [4.69, 9.17) is 10.1 Å². The molecule has 0 heterocycles. The molecule has 10 heavy (non-hydrogen) atoms. The molecule has 0 radical (unpaired) electrons. The number of hydrogen-bond donors (Lipinski definition) is 1. The number of allylic oxidation sites excluding steroid dienone is 4. The van der Waals surface area contributed by atoms with Gasteiger partial charge in [0.2, 0.25) is 0 Å². The Labute approximate surface area is 60.7 Å². The summed E-state index contributed by atoms with van der Waals surface area (Å²) in [7, 11) is 1.65. The fourth-order valence-electron chi connectivity index (χ4n) is 1.01. The van der Waals surface area contributed by atoms with Crippen molar-refractivity contribution < 1.29 is 4.74 Å². The molecule has 1 aliphatic rings. The van der Waals surface area contributed by atoms with Gasteiger partial charge in [0.15, 0.2) is 0 Å². The van der Waals surface area contributed by atoms with Crippen molar-refractivity contribution in [3.05, 3.63) is 23.5 Å². The Hall–Kier alpha value is -1.05. The van der Waals surface area contributed by atoms with Crippen molar-refractivity contribution in [3.63, 3.8) is 0 Å². The Morgan fingerprint density at radius 1 is 1.70 bits per heavy atom. The van der Waals surface area contributed by atoms with Crippen LogP contribution in [0.4, 0.5) is 0 Å². The lowest BCUT2D eigenvalue weighted by Crippen LogP contribution is -1.97. The summed E-state index contributed by atoms with van der Waals surface area (Å²) in [4.78, 5) is 0. The highest BCUT2D eigenvalue weighted by Gasteiger charge is 2.04. The second-order valence-electron chi connectivity index (χ2n) is 2.17. The molecule has 0 bridgehead atoms. The molecule has 2 heteroatoms. The van der Waals surface area contributed by atoms with E-state index >= 15 is 0 Å². The van der Waals surface area contributed by atoms with E-state index in [9.17, 15) is 0 Å². The summed E-state index contributed by atoms with van der Waals surface area (Å²) >= 11 is 0. The van der Waals surface area contributed by atoms with E-state index in [0.717, 1.165) is 24.2 Å². The van der Waals surface area contributed by atoms with Crippen LogP contribution in [-0.4, -0.2) is 13.3 Å². The molecular formula is C8H11NO. The highest BCUT2D eigenvalue weighted by atomic mass is 16.5. The molecule has 0 unspecified atom stereocenters. The lowest BCUT2D eigenvalue weighted by molar-refractivity contribution is 0.275. The fourth-order valence-corrected chi connectivity index (χ4v) is 1.01. The Morgan fingerprint density at radius 2 is 2.50 bits per heavy atom. The van der Waals surface area contributed by atoms with Crippen LogP contribution in [0.1, 0.15) is 12.8 Å². The van der Waals surface area contributed by atoms with Crippen molar-refractivity contribution in [1.82, 2.24) is 0 Å². The summed E-state index contributed by atoms with van der Waals surface area (Å²) in [5, 5.41) is 7.02. The molecule has 1 N–H and O–H groups in total. The van der Waals surface area contributed by atoms with Crippen LogP contribution < -0.4 is 0 Å². The quantitative estimate of drug-likeness (QED) is 0.579. The Bertz CT molecular complexity index is 191. The van der Waals surface area contributed by atoms with Crippen LogP contribution in [0, 0.1) is 5.41 Å². The third-order valence-electron chi connectivity index (χ3n) is 1.56. The number of ether oxygens (including phenoxy) is 1. The fraction of sp³-hybridized carbons (Fsp3) is 0.375. The van der Waals surface area contributed by atoms with Gasteiger partial charge in [-0.2, -0.15) is 0 Å². The van der Waals surface area contributed by atoms with Gasteiger partial charge in [0, 0.05) is 18.2 Å². The maximum atomic E-state index is 7.02. The normalized spacial score (nSPS) is 17.3. The maximum absolute atomic E-state index is 7.02. The minimum absolute atomic E-state index is 0.897. The molecule has 0 saturated heterocycles. The Morgan fingerprint density at radius 3 is 3.00 bits per heavy atom. The van der Waals surface area contributed by atoms with Crippen LogP contribution in [0.25, 0.3) is 0 Å². The first-order valence-corrected chi connectivity index (χ1v) is 3.32. The molecular weight excluding hydrogens is 126 g/mol. The Balaban J connectivity index is 2.83. The molecule has 0 fully saturated rings. The van der Waals surface area contributed by atoms with E-state index in [-0.39, 0.29) is 0 Å². The summed E-state index contributed by atoms with van der Waals surface area (Å²) in [5.41, 5.74) is 0.897. The van der Waals surface area contributed by atoms with Gasteiger partial charge in [0.05, 0.1) is 7.11 Å². The zero-order valence-electron chi connectivity index (χ0n) is 6.05. The molecule has 1 rings (SSSR count). The third kappa shape index (κ3) is 1.26. The number of hydrogen-bond acceptors (Lipinski definition) is 2. The molecule has 0 aromatic carbocycles. The monoisotopic (exact) mass is 137 g/mol. The summed E-state index contributed by atoms with van der Waals surface area (Å²) in [6.45, 7) is 0. The van der Waals surface area contributed by atoms with Gasteiger partial charge in [0.25, 0.3) is 0 Å². The van der Waals surface area contributed by atoms with Gasteiger partial charge >= 0.3 is 0 Å². The molecule has 54 valence electrons. The summed E-state index contributed by atoms with van der Waals surface area (Å²) in [6.07, 6.45) is 7.27. The lowest BCUT2D eigenvalue weighted by Gasteiger charge is -2.10. The third-order valence-corrected chi connectivity index (χ3v) is 1.56. The van der Waals surface area contributed by atoms with Crippen molar-refractivity contribution >= 4 is 6.21 Å². The molecule has 0 amide bonds. The van der Waals surface area contributed by atoms with Gasteiger partial charge in [-0.25, -0.2) is 0 Å². The lowest BCUT2D eigenvalue weighted by atomic mass is 10.1. The molecule has 0 atom stereocenters. The first-order valence-electron chi connectivity index (χ1n) is 3.32. The Kier molecular flexibility index (Phi) is 2.26. The average Bonchev–Trinajstić information content (AvgIpc) is 2.04. The predicted octanol–water partition coefficient (Wildman–Crippen LogP) is 1.89. The molecule has 0 saturated carbocycles. The van der Waals surface area contributed by atoms with Crippen LogP contribution in [0.5, 0.6) is 0 Å². The summed E-state index contributed by atoms with van der Waals surface area (Å²) in [5.74, 6) is 0.928. The van der Waals surface area contributed by atoms with Gasteiger partial charge in [-0.05, 0) is 6.42 Å². The largest absolute Gasteiger partial charge is 0.500 e. The molecule has 0 aliphatic heterocycles. The number of methoxy groups -OCH3 is 1. The van der Waals surface area contributed by atoms with Crippen LogP contribution in [0.3, 0.4) is 0 Å². The van der Waals surface area contributed by atoms with E-state index in [0.29, 0.717) is 0 Å². The average molecular weight is 137 g/mol. The minimum atomic E-state index is 0.897. The first kappa shape index (κ1) is 7.06. The van der Waals surface area contributed by atoms with E-state index in [1.165, 1.54) is 6.21 Å². The SMILES string of the molecule is COC1=C(C=N)C=CCC1. The van der Waals surface area contributed by atoms with Crippen LogP contribution in [0.15, 0.2) is 23.5 Å². The van der Waals surface area contributed by atoms with Crippen molar-refractivity contribution in [2.45, 2.75) is 12.8 Å². The second kappa shape index (κ2) is 3.20. The van der Waals surface area contributed by atoms with Crippen molar-refractivity contribution in [2.75, 3.05) is 7.11 Å². The van der Waals surface area contributed by atoms with E-state index in [2.05, 4.69) is 6.08 Å². The topological polar surface area (TPSA) is 33.1 Å². The highest BCUT2D eigenvalue weighted by molar-refractivity contribution is 5.80. The van der Waals surface area contributed by atoms with Crippen molar-refractivity contribution in [3.8, 4) is 0 Å². The van der Waals surface area contributed by atoms with E-state index in [1.807, 2.05) is 6.08 Å². The molecule has 0 aromatic rings. The van der Waals surface area contributed by atoms with Gasteiger partial charge in [-0.3, -0.25) is 0 Å². The van der Waals surface area contributed by atoms with Crippen molar-refractivity contribution in [2.24, 2.45) is 0 Å². The first-order chi connectivity index (χ1) is 4.88. The van der Waals surface area contributed by atoms with Crippen LogP contribution >= 0.6 is 0 Å². The number of rotatable bonds is 2. The van der Waals surface area contributed by atoms with Gasteiger partial charge in [-0.1, -0.05) is 12.2 Å². The standard InChI is InChI=1S/C8H11NO/c1-10-8-5-3-2-4-7(8)6-9/h2,4,6,9H,3,5H2,1H3. The molecule has 0 aromatic heterocycles. The summed E-state index contributed by atoms with van der Waals surface area (Å²) < 4.78 is 5.07. The molecule has 0 spiro atoms. The highest BCUT2D eigenvalue weighted by Crippen LogP contribution is 2.17. The number of nitrogens with one attached hydrogen (secondary N) is 1. The molecule has 2 nitrogen and oxygen atoms in total. The zero-order chi connectivity index (χ0) is 7.40.